The number of anilines is 1. The zero-order valence-corrected chi connectivity index (χ0v) is 18.1. The number of nitrogens with zero attached hydrogens (tertiary/aromatic N) is 1. The van der Waals surface area contributed by atoms with Gasteiger partial charge < -0.3 is 10.1 Å². The van der Waals surface area contributed by atoms with Gasteiger partial charge in [-0.3, -0.25) is 9.10 Å². The van der Waals surface area contributed by atoms with Crippen molar-refractivity contribution < 1.29 is 17.9 Å². The van der Waals surface area contributed by atoms with E-state index in [1.165, 1.54) is 4.31 Å². The molecule has 2 aliphatic rings. The highest BCUT2D eigenvalue weighted by molar-refractivity contribution is 7.93. The lowest BCUT2D eigenvalue weighted by Crippen LogP contribution is -2.39. The Labute approximate surface area is 178 Å². The van der Waals surface area contributed by atoms with Gasteiger partial charge in [0.2, 0.25) is 10.0 Å². The third kappa shape index (κ3) is 3.90. The number of sulfonamides is 1. The highest BCUT2D eigenvalue weighted by Gasteiger charge is 2.38. The van der Waals surface area contributed by atoms with E-state index in [4.69, 9.17) is 4.74 Å². The molecule has 4 rings (SSSR count). The van der Waals surface area contributed by atoms with Gasteiger partial charge in [-0.1, -0.05) is 37.1 Å². The van der Waals surface area contributed by atoms with Crippen molar-refractivity contribution in [1.82, 2.24) is 5.32 Å². The van der Waals surface area contributed by atoms with E-state index in [0.29, 0.717) is 30.8 Å². The molecule has 1 heterocycles. The number of para-hydroxylation sites is 1. The highest BCUT2D eigenvalue weighted by atomic mass is 32.2. The quantitative estimate of drug-likeness (QED) is 0.764. The molecule has 0 aromatic heterocycles. The van der Waals surface area contributed by atoms with Crippen molar-refractivity contribution in [3.05, 3.63) is 59.7 Å². The molecule has 7 heteroatoms. The Kier molecular flexibility index (Phi) is 5.73. The van der Waals surface area contributed by atoms with Crippen molar-refractivity contribution in [1.29, 1.82) is 0 Å². The molecule has 160 valence electrons. The summed E-state index contributed by atoms with van der Waals surface area (Å²) < 4.78 is 31.4. The van der Waals surface area contributed by atoms with Crippen LogP contribution < -0.4 is 14.4 Å². The summed E-state index contributed by atoms with van der Waals surface area (Å²) in [6, 6.07) is 14.9. The van der Waals surface area contributed by atoms with Crippen LogP contribution in [-0.4, -0.2) is 40.3 Å². The molecule has 1 amide bonds. The number of amides is 1. The molecular formula is C23H28N2O4S. The second-order valence-corrected chi connectivity index (χ2v) is 10.2. The van der Waals surface area contributed by atoms with E-state index in [9.17, 15) is 13.2 Å². The Bertz CT molecular complexity index is 1030. The Balaban J connectivity index is 1.53. The summed E-state index contributed by atoms with van der Waals surface area (Å²) >= 11 is 0. The number of hydrogen-bond donors (Lipinski definition) is 1. The monoisotopic (exact) mass is 428 g/mol. The van der Waals surface area contributed by atoms with Gasteiger partial charge in [0.05, 0.1) is 18.6 Å². The summed E-state index contributed by atoms with van der Waals surface area (Å²) in [5.41, 5.74) is 2.03. The highest BCUT2D eigenvalue weighted by Crippen LogP contribution is 2.44. The van der Waals surface area contributed by atoms with Crippen LogP contribution in [0.3, 0.4) is 0 Å². The number of carbonyl (C=O) groups excluding carboxylic acids is 1. The molecular weight excluding hydrogens is 400 g/mol. The van der Waals surface area contributed by atoms with Gasteiger partial charge in [0.25, 0.3) is 5.91 Å². The van der Waals surface area contributed by atoms with Crippen LogP contribution in [0.15, 0.2) is 48.5 Å². The maximum Gasteiger partial charge on any atom is 0.251 e. The Morgan fingerprint density at radius 2 is 1.87 bits per heavy atom. The van der Waals surface area contributed by atoms with E-state index >= 15 is 0 Å². The van der Waals surface area contributed by atoms with Gasteiger partial charge >= 0.3 is 0 Å². The molecule has 2 aromatic rings. The number of carbonyl (C=O) groups is 1. The lowest BCUT2D eigenvalue weighted by atomic mass is 9.78. The Morgan fingerprint density at radius 3 is 2.57 bits per heavy atom. The first-order valence-electron chi connectivity index (χ1n) is 10.5. The van der Waals surface area contributed by atoms with E-state index in [1.807, 2.05) is 18.2 Å². The number of methoxy groups -OCH3 is 1. The molecule has 0 spiro atoms. The predicted molar refractivity (Wildman–Crippen MR) is 118 cm³/mol. The Hall–Kier alpha value is -2.54. The van der Waals surface area contributed by atoms with Gasteiger partial charge in [-0.15, -0.1) is 0 Å². The average molecular weight is 429 g/mol. The number of nitrogens with one attached hydrogen (secondary N) is 1. The largest absolute Gasteiger partial charge is 0.496 e. The number of hydrogen-bond acceptors (Lipinski definition) is 4. The number of benzene rings is 2. The van der Waals surface area contributed by atoms with E-state index < -0.39 is 10.0 Å². The maximum absolute atomic E-state index is 12.9. The topological polar surface area (TPSA) is 75.7 Å². The van der Waals surface area contributed by atoms with Crippen LogP contribution in [0, 0.1) is 0 Å². The minimum absolute atomic E-state index is 0.141. The van der Waals surface area contributed by atoms with E-state index in [2.05, 4.69) is 11.4 Å². The van der Waals surface area contributed by atoms with Crippen molar-refractivity contribution in [2.75, 3.05) is 30.3 Å². The molecule has 2 fully saturated rings. The fraction of sp³-hybridized carbons (Fsp3) is 0.435. The summed E-state index contributed by atoms with van der Waals surface area (Å²) in [5, 5.41) is 3.11. The minimum atomic E-state index is -3.27. The van der Waals surface area contributed by atoms with Gasteiger partial charge in [0, 0.05) is 29.6 Å². The predicted octanol–water partition coefficient (Wildman–Crippen LogP) is 3.48. The van der Waals surface area contributed by atoms with Crippen molar-refractivity contribution in [2.45, 2.75) is 37.5 Å². The fourth-order valence-electron chi connectivity index (χ4n) is 4.76. The zero-order chi connectivity index (χ0) is 21.2. The summed E-state index contributed by atoms with van der Waals surface area (Å²) in [4.78, 5) is 12.9. The van der Waals surface area contributed by atoms with Crippen molar-refractivity contribution in [3.63, 3.8) is 0 Å². The van der Waals surface area contributed by atoms with Crippen LogP contribution in [0.2, 0.25) is 0 Å². The van der Waals surface area contributed by atoms with Gasteiger partial charge in [-0.05, 0) is 43.5 Å². The first-order chi connectivity index (χ1) is 14.5. The lowest BCUT2D eigenvalue weighted by Gasteiger charge is -2.31. The van der Waals surface area contributed by atoms with Crippen molar-refractivity contribution in [2.24, 2.45) is 0 Å². The molecule has 1 saturated heterocycles. The molecule has 0 atom stereocenters. The van der Waals surface area contributed by atoms with Crippen LogP contribution in [0.25, 0.3) is 0 Å². The molecule has 1 N–H and O–H groups in total. The van der Waals surface area contributed by atoms with E-state index in [-0.39, 0.29) is 17.1 Å². The normalized spacial score (nSPS) is 19.6. The van der Waals surface area contributed by atoms with Gasteiger partial charge in [-0.25, -0.2) is 8.42 Å². The molecule has 2 aromatic carbocycles. The van der Waals surface area contributed by atoms with Crippen LogP contribution in [-0.2, 0) is 15.4 Å². The molecule has 0 radical (unpaired) electrons. The third-order valence-corrected chi connectivity index (χ3v) is 8.19. The molecule has 30 heavy (non-hydrogen) atoms. The first kappa shape index (κ1) is 20.7. The van der Waals surface area contributed by atoms with Gasteiger partial charge in [0.15, 0.2) is 0 Å². The fourth-order valence-corrected chi connectivity index (χ4v) is 6.32. The summed E-state index contributed by atoms with van der Waals surface area (Å²) in [5.74, 6) is 0.828. The lowest BCUT2D eigenvalue weighted by molar-refractivity contribution is 0.0942. The maximum atomic E-state index is 12.9. The summed E-state index contributed by atoms with van der Waals surface area (Å²) in [7, 11) is -1.60. The second kappa shape index (κ2) is 8.30. The standard InChI is InChI=1S/C23H28N2O4S/c1-29-21-11-3-2-10-20(21)23(12-4-5-13-23)17-24-22(26)18-8-6-9-19(16-18)25-14-7-15-30(25,27)28/h2-3,6,8-11,16H,4-5,7,12-15,17H2,1H3,(H,24,26). The van der Waals surface area contributed by atoms with Crippen LogP contribution in [0.5, 0.6) is 5.75 Å². The SMILES string of the molecule is COc1ccccc1C1(CNC(=O)c2cccc(N3CCCS3(=O)=O)c2)CCCC1. The molecule has 1 saturated carbocycles. The van der Waals surface area contributed by atoms with Crippen LogP contribution in [0.4, 0.5) is 5.69 Å². The minimum Gasteiger partial charge on any atom is -0.496 e. The molecule has 0 unspecified atom stereocenters. The molecule has 1 aliphatic carbocycles. The second-order valence-electron chi connectivity index (χ2n) is 8.16. The Morgan fingerprint density at radius 1 is 1.10 bits per heavy atom. The number of rotatable bonds is 6. The summed E-state index contributed by atoms with van der Waals surface area (Å²) in [6.45, 7) is 0.989. The number of ether oxygens (including phenoxy) is 1. The first-order valence-corrected chi connectivity index (χ1v) is 12.1. The van der Waals surface area contributed by atoms with Gasteiger partial charge in [0.1, 0.15) is 5.75 Å². The molecule has 0 bridgehead atoms. The van der Waals surface area contributed by atoms with Crippen molar-refractivity contribution in [3.8, 4) is 5.75 Å². The average Bonchev–Trinajstić information content (AvgIpc) is 3.38. The van der Waals surface area contributed by atoms with Crippen molar-refractivity contribution >= 4 is 21.6 Å². The third-order valence-electron chi connectivity index (χ3n) is 6.32. The van der Waals surface area contributed by atoms with Crippen LogP contribution in [0.1, 0.15) is 48.0 Å². The zero-order valence-electron chi connectivity index (χ0n) is 17.3. The van der Waals surface area contributed by atoms with Gasteiger partial charge in [-0.2, -0.15) is 0 Å². The van der Waals surface area contributed by atoms with E-state index in [1.54, 1.807) is 31.4 Å². The van der Waals surface area contributed by atoms with Crippen LogP contribution >= 0.6 is 0 Å². The summed E-state index contributed by atoms with van der Waals surface area (Å²) in [6.07, 6.45) is 4.85. The van der Waals surface area contributed by atoms with E-state index in [0.717, 1.165) is 37.0 Å². The molecule has 1 aliphatic heterocycles. The molecule has 6 nitrogen and oxygen atoms in total. The smallest absolute Gasteiger partial charge is 0.251 e.